The molecule has 2 nitrogen and oxygen atoms in total. The largest absolute Gasteiger partial charge is 0.508 e. The van der Waals surface area contributed by atoms with E-state index in [-0.39, 0.29) is 17.0 Å². The lowest BCUT2D eigenvalue weighted by molar-refractivity contribution is 0.0719. The van der Waals surface area contributed by atoms with E-state index >= 15 is 0 Å². The van der Waals surface area contributed by atoms with Gasteiger partial charge in [-0.15, -0.1) is 17.0 Å². The van der Waals surface area contributed by atoms with Crippen molar-refractivity contribution in [3.05, 3.63) is 29.8 Å². The van der Waals surface area contributed by atoms with E-state index < -0.39 is 0 Å². The van der Waals surface area contributed by atoms with Crippen molar-refractivity contribution >= 4 is 17.0 Å². The summed E-state index contributed by atoms with van der Waals surface area (Å²) in [6.07, 6.45) is 6.47. The quantitative estimate of drug-likeness (QED) is 0.858. The first-order valence-corrected chi connectivity index (χ1v) is 6.69. The number of likely N-dealkylation sites (tertiary alicyclic amines) is 1. The van der Waals surface area contributed by atoms with Crippen LogP contribution in [-0.4, -0.2) is 29.6 Å². The second kappa shape index (κ2) is 5.22. The first-order valence-electron chi connectivity index (χ1n) is 6.69. The molecule has 2 unspecified atom stereocenters. The third kappa shape index (κ3) is 2.30. The van der Waals surface area contributed by atoms with Gasteiger partial charge in [0, 0.05) is 6.04 Å². The molecular weight excluding hydrogens is 290 g/mol. The van der Waals surface area contributed by atoms with Crippen molar-refractivity contribution in [3.63, 3.8) is 0 Å². The fourth-order valence-corrected chi connectivity index (χ4v) is 3.75. The van der Waals surface area contributed by atoms with Crippen molar-refractivity contribution in [1.29, 1.82) is 0 Å². The molecule has 1 aliphatic carbocycles. The van der Waals surface area contributed by atoms with E-state index in [4.69, 9.17) is 0 Å². The second-order valence-corrected chi connectivity index (χ2v) is 5.81. The third-order valence-corrected chi connectivity index (χ3v) is 4.84. The van der Waals surface area contributed by atoms with E-state index in [1.165, 1.54) is 44.2 Å². The van der Waals surface area contributed by atoms with Gasteiger partial charge in [0.1, 0.15) is 5.75 Å². The molecule has 1 saturated heterocycles. The summed E-state index contributed by atoms with van der Waals surface area (Å²) in [6, 6.07) is 8.69. The summed E-state index contributed by atoms with van der Waals surface area (Å²) in [6.45, 7) is 1.19. The maximum Gasteiger partial charge on any atom is 0.115 e. The van der Waals surface area contributed by atoms with Gasteiger partial charge in [-0.3, -0.25) is 0 Å². The fourth-order valence-electron chi connectivity index (χ4n) is 3.75. The van der Waals surface area contributed by atoms with Gasteiger partial charge >= 0.3 is 0 Å². The minimum absolute atomic E-state index is 0. The number of aromatic hydroxyl groups is 1. The van der Waals surface area contributed by atoms with Crippen molar-refractivity contribution in [2.24, 2.45) is 0 Å². The molecule has 2 aliphatic rings. The summed E-state index contributed by atoms with van der Waals surface area (Å²) in [5, 5.41) is 9.68. The van der Waals surface area contributed by atoms with Crippen LogP contribution in [0.4, 0.5) is 0 Å². The smallest absolute Gasteiger partial charge is 0.115 e. The molecule has 0 aromatic heterocycles. The van der Waals surface area contributed by atoms with Gasteiger partial charge in [0.2, 0.25) is 0 Å². The summed E-state index contributed by atoms with van der Waals surface area (Å²) < 4.78 is 0. The number of phenolic OH excluding ortho intramolecular Hbond substituents is 1. The van der Waals surface area contributed by atoms with Crippen LogP contribution in [0.5, 0.6) is 5.75 Å². The van der Waals surface area contributed by atoms with Gasteiger partial charge in [-0.25, -0.2) is 0 Å². The molecule has 100 valence electrons. The second-order valence-electron chi connectivity index (χ2n) is 5.81. The molecule has 3 rings (SSSR count). The lowest BCUT2D eigenvalue weighted by Crippen LogP contribution is -2.50. The maximum absolute atomic E-state index is 9.68. The lowest BCUT2D eigenvalue weighted by Gasteiger charge is -2.49. The molecule has 1 N–H and O–H groups in total. The average Bonchev–Trinajstić information content (AvgIpc) is 2.35. The van der Waals surface area contributed by atoms with E-state index in [0.29, 0.717) is 11.2 Å². The van der Waals surface area contributed by atoms with Crippen LogP contribution in [0, 0.1) is 0 Å². The zero-order valence-electron chi connectivity index (χ0n) is 10.9. The Morgan fingerprint density at radius 2 is 2.17 bits per heavy atom. The number of piperidine rings is 1. The van der Waals surface area contributed by atoms with Gasteiger partial charge in [-0.05, 0) is 62.4 Å². The number of fused-ring (bicyclic) bond motifs is 2. The maximum atomic E-state index is 9.68. The Morgan fingerprint density at radius 1 is 1.33 bits per heavy atom. The Bertz CT molecular complexity index is 423. The van der Waals surface area contributed by atoms with Crippen molar-refractivity contribution in [1.82, 2.24) is 4.90 Å². The van der Waals surface area contributed by atoms with Crippen LogP contribution in [-0.2, 0) is 5.41 Å². The molecule has 1 aromatic rings. The van der Waals surface area contributed by atoms with Crippen molar-refractivity contribution < 1.29 is 5.11 Å². The normalized spacial score (nSPS) is 31.7. The Morgan fingerprint density at radius 3 is 2.94 bits per heavy atom. The molecule has 0 amide bonds. The Labute approximate surface area is 120 Å². The minimum atomic E-state index is 0. The highest BCUT2D eigenvalue weighted by atomic mass is 79.9. The SMILES string of the molecule is Br.CN1CCC2(c3cccc(O)c3)CCCC1C2. The molecule has 2 bridgehead atoms. The summed E-state index contributed by atoms with van der Waals surface area (Å²) in [4.78, 5) is 2.51. The summed E-state index contributed by atoms with van der Waals surface area (Å²) >= 11 is 0. The van der Waals surface area contributed by atoms with Crippen molar-refractivity contribution in [2.45, 2.75) is 43.6 Å². The summed E-state index contributed by atoms with van der Waals surface area (Å²) in [5.74, 6) is 0.415. The first kappa shape index (κ1) is 13.9. The Kier molecular flexibility index (Phi) is 4.02. The van der Waals surface area contributed by atoms with E-state index in [2.05, 4.69) is 18.0 Å². The van der Waals surface area contributed by atoms with Crippen LogP contribution in [0.1, 0.15) is 37.7 Å². The highest BCUT2D eigenvalue weighted by molar-refractivity contribution is 8.93. The number of nitrogens with zero attached hydrogens (tertiary/aromatic N) is 1. The van der Waals surface area contributed by atoms with Gasteiger partial charge in [0.25, 0.3) is 0 Å². The average molecular weight is 312 g/mol. The molecule has 0 radical (unpaired) electrons. The Hall–Kier alpha value is -0.540. The predicted molar refractivity (Wildman–Crippen MR) is 79.6 cm³/mol. The van der Waals surface area contributed by atoms with E-state index in [1.54, 1.807) is 6.07 Å². The zero-order chi connectivity index (χ0) is 11.9. The van der Waals surface area contributed by atoms with Gasteiger partial charge in [-0.2, -0.15) is 0 Å². The van der Waals surface area contributed by atoms with Gasteiger partial charge < -0.3 is 10.0 Å². The van der Waals surface area contributed by atoms with E-state index in [0.717, 1.165) is 6.04 Å². The number of halogens is 1. The van der Waals surface area contributed by atoms with Gasteiger partial charge in [-0.1, -0.05) is 18.6 Å². The number of rotatable bonds is 1. The monoisotopic (exact) mass is 311 g/mol. The van der Waals surface area contributed by atoms with Crippen LogP contribution >= 0.6 is 17.0 Å². The molecule has 1 aromatic carbocycles. The molecule has 1 aliphatic heterocycles. The van der Waals surface area contributed by atoms with Crippen LogP contribution in [0.3, 0.4) is 0 Å². The van der Waals surface area contributed by atoms with Crippen molar-refractivity contribution in [2.75, 3.05) is 13.6 Å². The lowest BCUT2D eigenvalue weighted by atomic mass is 9.63. The molecule has 0 spiro atoms. The molecule has 1 saturated carbocycles. The topological polar surface area (TPSA) is 23.5 Å². The minimum Gasteiger partial charge on any atom is -0.508 e. The number of benzene rings is 1. The van der Waals surface area contributed by atoms with E-state index in [9.17, 15) is 5.11 Å². The first-order chi connectivity index (χ1) is 8.20. The molecule has 2 atom stereocenters. The fraction of sp³-hybridized carbons (Fsp3) is 0.600. The van der Waals surface area contributed by atoms with Crippen LogP contribution in [0.15, 0.2) is 24.3 Å². The van der Waals surface area contributed by atoms with Gasteiger partial charge in [0.15, 0.2) is 0 Å². The highest BCUT2D eigenvalue weighted by Crippen LogP contribution is 2.46. The number of hydrogen-bond acceptors (Lipinski definition) is 2. The summed E-state index contributed by atoms with van der Waals surface area (Å²) in [7, 11) is 2.25. The zero-order valence-corrected chi connectivity index (χ0v) is 12.6. The Balaban J connectivity index is 0.00000120. The van der Waals surface area contributed by atoms with Crippen LogP contribution < -0.4 is 0 Å². The summed E-state index contributed by atoms with van der Waals surface area (Å²) in [5.41, 5.74) is 1.70. The number of hydrogen-bond donors (Lipinski definition) is 1. The molecule has 3 heteroatoms. The molecule has 18 heavy (non-hydrogen) atoms. The van der Waals surface area contributed by atoms with E-state index in [1.807, 2.05) is 12.1 Å². The van der Waals surface area contributed by atoms with Gasteiger partial charge in [0.05, 0.1) is 0 Å². The highest BCUT2D eigenvalue weighted by Gasteiger charge is 2.42. The van der Waals surface area contributed by atoms with Crippen molar-refractivity contribution in [3.8, 4) is 5.75 Å². The standard InChI is InChI=1S/C15H21NO.BrH/c1-16-9-8-15(7-3-5-13(16)11-15)12-4-2-6-14(17)10-12;/h2,4,6,10,13,17H,3,5,7-9,11H2,1H3;1H. The third-order valence-electron chi connectivity index (χ3n) is 4.84. The molecule has 2 fully saturated rings. The predicted octanol–water partition coefficient (Wildman–Crippen LogP) is 3.49. The molecular formula is C15H22BrNO. The molecule has 1 heterocycles. The van der Waals surface area contributed by atoms with Crippen LogP contribution in [0.2, 0.25) is 0 Å². The number of phenols is 1. The van der Waals surface area contributed by atoms with Crippen LogP contribution in [0.25, 0.3) is 0 Å².